The fourth-order valence-corrected chi connectivity index (χ4v) is 4.11. The highest BCUT2D eigenvalue weighted by Gasteiger charge is 2.21. The highest BCUT2D eigenvalue weighted by atomic mass is 32.1. The molecule has 2 N–H and O–H groups in total. The summed E-state index contributed by atoms with van der Waals surface area (Å²) in [5.41, 5.74) is 10.9. The van der Waals surface area contributed by atoms with Gasteiger partial charge in [-0.3, -0.25) is 4.98 Å². The van der Waals surface area contributed by atoms with Gasteiger partial charge in [0.05, 0.1) is 17.3 Å². The van der Waals surface area contributed by atoms with E-state index in [2.05, 4.69) is 29.2 Å². The third kappa shape index (κ3) is 2.24. The Morgan fingerprint density at radius 1 is 1.14 bits per heavy atom. The van der Waals surface area contributed by atoms with Gasteiger partial charge in [-0.1, -0.05) is 12.1 Å². The van der Waals surface area contributed by atoms with Crippen molar-refractivity contribution in [2.75, 3.05) is 0 Å². The monoisotopic (exact) mass is 295 g/mol. The van der Waals surface area contributed by atoms with E-state index in [1.807, 2.05) is 13.0 Å². The number of fused-ring (bicyclic) bond motifs is 2. The van der Waals surface area contributed by atoms with Crippen molar-refractivity contribution in [1.82, 2.24) is 9.97 Å². The first kappa shape index (κ1) is 12.9. The zero-order chi connectivity index (χ0) is 14.4. The molecule has 2 heterocycles. The van der Waals surface area contributed by atoms with Crippen molar-refractivity contribution < 1.29 is 0 Å². The molecule has 2 aromatic heterocycles. The molecular formula is C17H17N3S. The van der Waals surface area contributed by atoms with Crippen LogP contribution in [0.5, 0.6) is 0 Å². The fraction of sp³-hybridized carbons (Fsp3) is 0.294. The van der Waals surface area contributed by atoms with Crippen molar-refractivity contribution in [3.8, 4) is 0 Å². The lowest BCUT2D eigenvalue weighted by atomic mass is 10.0. The number of aromatic nitrogens is 2. The van der Waals surface area contributed by atoms with E-state index in [1.165, 1.54) is 23.4 Å². The first-order valence-electron chi connectivity index (χ1n) is 7.32. The Kier molecular flexibility index (Phi) is 3.01. The van der Waals surface area contributed by atoms with E-state index in [9.17, 15) is 0 Å². The standard InChI is InChI=1S/C17H17N3S/c1-10-5-6-11-9-12(7-8-13(11)19-10)16(18)17-20-14-3-2-4-15(14)21-17/h5-9,16H,2-4,18H2,1H3. The van der Waals surface area contributed by atoms with Gasteiger partial charge in [0.25, 0.3) is 0 Å². The fourth-order valence-electron chi connectivity index (χ4n) is 2.93. The number of thiazole rings is 1. The minimum Gasteiger partial charge on any atom is -0.318 e. The summed E-state index contributed by atoms with van der Waals surface area (Å²) in [5.74, 6) is 0. The normalized spacial score (nSPS) is 15.3. The average Bonchev–Trinajstić information content (AvgIpc) is 3.07. The van der Waals surface area contributed by atoms with Gasteiger partial charge in [0.2, 0.25) is 0 Å². The van der Waals surface area contributed by atoms with E-state index in [0.717, 1.165) is 33.6 Å². The second kappa shape index (κ2) is 4.90. The molecule has 106 valence electrons. The number of pyridine rings is 1. The smallest absolute Gasteiger partial charge is 0.114 e. The molecule has 0 spiro atoms. The molecule has 0 fully saturated rings. The summed E-state index contributed by atoms with van der Waals surface area (Å²) in [6.45, 7) is 2.01. The summed E-state index contributed by atoms with van der Waals surface area (Å²) in [7, 11) is 0. The molecule has 1 aliphatic carbocycles. The van der Waals surface area contributed by atoms with E-state index in [0.29, 0.717) is 0 Å². The van der Waals surface area contributed by atoms with Gasteiger partial charge in [0, 0.05) is 16.0 Å². The highest BCUT2D eigenvalue weighted by molar-refractivity contribution is 7.11. The van der Waals surface area contributed by atoms with Gasteiger partial charge >= 0.3 is 0 Å². The lowest BCUT2D eigenvalue weighted by Crippen LogP contribution is -2.11. The number of rotatable bonds is 2. The molecule has 21 heavy (non-hydrogen) atoms. The Labute approximate surface area is 127 Å². The summed E-state index contributed by atoms with van der Waals surface area (Å²) >= 11 is 1.78. The van der Waals surface area contributed by atoms with Gasteiger partial charge < -0.3 is 5.73 Å². The van der Waals surface area contributed by atoms with E-state index in [1.54, 1.807) is 11.3 Å². The van der Waals surface area contributed by atoms with Crippen LogP contribution >= 0.6 is 11.3 Å². The van der Waals surface area contributed by atoms with Crippen LogP contribution < -0.4 is 5.73 Å². The molecule has 3 aromatic rings. The van der Waals surface area contributed by atoms with Crippen molar-refractivity contribution in [2.24, 2.45) is 5.73 Å². The number of aryl methyl sites for hydroxylation is 3. The lowest BCUT2D eigenvalue weighted by Gasteiger charge is -2.10. The highest BCUT2D eigenvalue weighted by Crippen LogP contribution is 2.32. The topological polar surface area (TPSA) is 51.8 Å². The first-order chi connectivity index (χ1) is 10.2. The average molecular weight is 295 g/mol. The molecule has 0 radical (unpaired) electrons. The van der Waals surface area contributed by atoms with Gasteiger partial charge in [-0.25, -0.2) is 4.98 Å². The Hall–Kier alpha value is -1.78. The quantitative estimate of drug-likeness (QED) is 0.786. The van der Waals surface area contributed by atoms with Gasteiger partial charge in [-0.2, -0.15) is 0 Å². The summed E-state index contributed by atoms with van der Waals surface area (Å²) in [4.78, 5) is 10.7. The Morgan fingerprint density at radius 2 is 2.05 bits per heavy atom. The van der Waals surface area contributed by atoms with Crippen LogP contribution in [0.3, 0.4) is 0 Å². The molecule has 4 heteroatoms. The number of nitrogens with two attached hydrogens (primary N) is 1. The van der Waals surface area contributed by atoms with Crippen molar-refractivity contribution in [3.05, 3.63) is 57.2 Å². The van der Waals surface area contributed by atoms with Crippen LogP contribution in [0.4, 0.5) is 0 Å². The molecule has 4 rings (SSSR count). The third-order valence-electron chi connectivity index (χ3n) is 4.09. The van der Waals surface area contributed by atoms with Crippen molar-refractivity contribution >= 4 is 22.2 Å². The van der Waals surface area contributed by atoms with Crippen LogP contribution in [0.25, 0.3) is 10.9 Å². The number of hydrogen-bond donors (Lipinski definition) is 1. The summed E-state index contributed by atoms with van der Waals surface area (Å²) in [6, 6.07) is 10.3. The predicted octanol–water partition coefficient (Wildman–Crippen LogP) is 3.54. The zero-order valence-electron chi connectivity index (χ0n) is 12.0. The zero-order valence-corrected chi connectivity index (χ0v) is 12.8. The lowest BCUT2D eigenvalue weighted by molar-refractivity contribution is 0.835. The third-order valence-corrected chi connectivity index (χ3v) is 5.33. The van der Waals surface area contributed by atoms with Crippen LogP contribution in [-0.2, 0) is 12.8 Å². The van der Waals surface area contributed by atoms with Crippen LogP contribution in [0.2, 0.25) is 0 Å². The molecule has 3 nitrogen and oxygen atoms in total. The Balaban J connectivity index is 1.72. The first-order valence-corrected chi connectivity index (χ1v) is 8.14. The van der Waals surface area contributed by atoms with E-state index < -0.39 is 0 Å². The van der Waals surface area contributed by atoms with E-state index in [-0.39, 0.29) is 6.04 Å². The van der Waals surface area contributed by atoms with Crippen molar-refractivity contribution in [2.45, 2.75) is 32.2 Å². The molecular weight excluding hydrogens is 278 g/mol. The number of nitrogens with zero attached hydrogens (tertiary/aromatic N) is 2. The second-order valence-corrected chi connectivity index (χ2v) is 6.77. The minimum absolute atomic E-state index is 0.133. The SMILES string of the molecule is Cc1ccc2cc(C(N)c3nc4c(s3)CCC4)ccc2n1. The van der Waals surface area contributed by atoms with Crippen molar-refractivity contribution in [1.29, 1.82) is 0 Å². The second-order valence-electron chi connectivity index (χ2n) is 5.66. The maximum atomic E-state index is 6.43. The van der Waals surface area contributed by atoms with E-state index >= 15 is 0 Å². The number of hydrogen-bond acceptors (Lipinski definition) is 4. The van der Waals surface area contributed by atoms with Gasteiger partial charge in [-0.05, 0) is 49.9 Å². The van der Waals surface area contributed by atoms with Crippen LogP contribution in [0.15, 0.2) is 30.3 Å². The molecule has 0 saturated heterocycles. The Morgan fingerprint density at radius 3 is 2.90 bits per heavy atom. The molecule has 0 bridgehead atoms. The molecule has 0 amide bonds. The summed E-state index contributed by atoms with van der Waals surface area (Å²) in [6.07, 6.45) is 3.52. The maximum absolute atomic E-state index is 6.43. The summed E-state index contributed by atoms with van der Waals surface area (Å²) < 4.78 is 0. The van der Waals surface area contributed by atoms with Gasteiger partial charge in [0.15, 0.2) is 0 Å². The van der Waals surface area contributed by atoms with Gasteiger partial charge in [0.1, 0.15) is 5.01 Å². The largest absolute Gasteiger partial charge is 0.318 e. The van der Waals surface area contributed by atoms with Crippen LogP contribution in [-0.4, -0.2) is 9.97 Å². The molecule has 0 aliphatic heterocycles. The molecule has 1 atom stereocenters. The van der Waals surface area contributed by atoms with Crippen LogP contribution in [0, 0.1) is 6.92 Å². The van der Waals surface area contributed by atoms with Crippen molar-refractivity contribution in [3.63, 3.8) is 0 Å². The maximum Gasteiger partial charge on any atom is 0.114 e. The molecule has 1 unspecified atom stereocenters. The van der Waals surface area contributed by atoms with E-state index in [4.69, 9.17) is 10.7 Å². The predicted molar refractivity (Wildman–Crippen MR) is 86.6 cm³/mol. The summed E-state index contributed by atoms with van der Waals surface area (Å²) in [5, 5.41) is 2.18. The minimum atomic E-state index is -0.133. The number of benzene rings is 1. The van der Waals surface area contributed by atoms with Gasteiger partial charge in [-0.15, -0.1) is 11.3 Å². The Bertz CT molecular complexity index is 801. The molecule has 1 aliphatic rings. The molecule has 1 aromatic carbocycles. The van der Waals surface area contributed by atoms with Crippen LogP contribution in [0.1, 0.15) is 39.3 Å². The molecule has 0 saturated carbocycles.